The second kappa shape index (κ2) is 5.19. The molecule has 2 aromatic rings. The van der Waals surface area contributed by atoms with Crippen molar-refractivity contribution in [3.05, 3.63) is 65.5 Å². The summed E-state index contributed by atoms with van der Waals surface area (Å²) in [6.07, 6.45) is 0.00209. The van der Waals surface area contributed by atoms with Gasteiger partial charge in [-0.2, -0.15) is 5.10 Å². The monoisotopic (exact) mass is 310 g/mol. The van der Waals surface area contributed by atoms with Gasteiger partial charge in [0.05, 0.1) is 11.8 Å². The Labute approximate surface area is 133 Å². The van der Waals surface area contributed by atoms with Crippen LogP contribution in [0.15, 0.2) is 53.6 Å². The third kappa shape index (κ3) is 2.29. The Morgan fingerprint density at radius 2 is 1.91 bits per heavy atom. The number of benzene rings is 2. The van der Waals surface area contributed by atoms with Crippen molar-refractivity contribution in [3.8, 4) is 5.75 Å². The molecule has 2 aliphatic rings. The summed E-state index contributed by atoms with van der Waals surface area (Å²) >= 11 is 0. The lowest BCUT2D eigenvalue weighted by molar-refractivity contribution is -0.138. The number of hydrogen-bond acceptors (Lipinski definition) is 3. The van der Waals surface area contributed by atoms with Crippen LogP contribution in [0.25, 0.3) is 0 Å². The highest BCUT2D eigenvalue weighted by atomic mass is 19.1. The van der Waals surface area contributed by atoms with Crippen LogP contribution in [0, 0.1) is 5.82 Å². The predicted molar refractivity (Wildman–Crippen MR) is 83.7 cm³/mol. The van der Waals surface area contributed by atoms with Crippen molar-refractivity contribution >= 4 is 11.6 Å². The molecule has 4 rings (SSSR count). The van der Waals surface area contributed by atoms with Crippen molar-refractivity contribution < 1.29 is 13.9 Å². The number of hydrogen-bond donors (Lipinski definition) is 0. The lowest BCUT2D eigenvalue weighted by Gasteiger charge is -2.19. The van der Waals surface area contributed by atoms with Crippen LogP contribution in [0.2, 0.25) is 0 Å². The van der Waals surface area contributed by atoms with E-state index in [0.717, 1.165) is 22.6 Å². The van der Waals surface area contributed by atoms with E-state index in [0.29, 0.717) is 6.42 Å². The molecule has 0 aliphatic carbocycles. The minimum absolute atomic E-state index is 0.164. The molecule has 0 bridgehead atoms. The number of ether oxygens (including phenoxy) is 1. The first-order valence-electron chi connectivity index (χ1n) is 7.55. The summed E-state index contributed by atoms with van der Waals surface area (Å²) in [6, 6.07) is 13.7. The highest BCUT2D eigenvalue weighted by Gasteiger charge is 2.39. The van der Waals surface area contributed by atoms with Gasteiger partial charge in [0.2, 0.25) is 0 Å². The quantitative estimate of drug-likeness (QED) is 0.811. The molecule has 0 fully saturated rings. The Morgan fingerprint density at radius 3 is 2.70 bits per heavy atom. The molecular formula is C18H15FN2O2. The smallest absolute Gasteiger partial charge is 0.283 e. The highest BCUT2D eigenvalue weighted by molar-refractivity contribution is 6.03. The van der Waals surface area contributed by atoms with E-state index >= 15 is 0 Å². The molecule has 0 spiro atoms. The minimum atomic E-state index is -0.586. The molecule has 116 valence electrons. The van der Waals surface area contributed by atoms with Gasteiger partial charge in [-0.3, -0.25) is 4.79 Å². The SMILES string of the molecule is CC1Oc2ccccc2C2CC(c3ccc(F)cc3)=NN2C1=O. The molecule has 2 unspecified atom stereocenters. The standard InChI is InChI=1S/C18H15FN2O2/c1-11-18(22)21-16(14-4-2-3-5-17(14)23-11)10-15(20-21)12-6-8-13(19)9-7-12/h2-9,11,16H,10H2,1H3. The summed E-state index contributed by atoms with van der Waals surface area (Å²) in [5, 5.41) is 6.01. The average Bonchev–Trinajstić information content (AvgIpc) is 2.96. The zero-order chi connectivity index (χ0) is 16.0. The average molecular weight is 310 g/mol. The van der Waals surface area contributed by atoms with Crippen LogP contribution in [-0.2, 0) is 4.79 Å². The van der Waals surface area contributed by atoms with Crippen molar-refractivity contribution in [2.45, 2.75) is 25.5 Å². The number of amides is 1. The van der Waals surface area contributed by atoms with Gasteiger partial charge in [-0.1, -0.05) is 30.3 Å². The van der Waals surface area contributed by atoms with Gasteiger partial charge in [0.1, 0.15) is 11.6 Å². The van der Waals surface area contributed by atoms with Gasteiger partial charge in [-0.15, -0.1) is 0 Å². The number of carbonyl (C=O) groups excluding carboxylic acids is 1. The minimum Gasteiger partial charge on any atom is -0.480 e. The second-order valence-electron chi connectivity index (χ2n) is 5.75. The molecule has 0 saturated carbocycles. The van der Waals surface area contributed by atoms with Gasteiger partial charge in [-0.05, 0) is 30.7 Å². The number of para-hydroxylation sites is 1. The van der Waals surface area contributed by atoms with E-state index in [2.05, 4.69) is 5.10 Å². The van der Waals surface area contributed by atoms with E-state index in [1.165, 1.54) is 17.1 Å². The number of rotatable bonds is 1. The lowest BCUT2D eigenvalue weighted by Crippen LogP contribution is -2.34. The maximum atomic E-state index is 13.1. The lowest BCUT2D eigenvalue weighted by atomic mass is 9.98. The molecule has 0 saturated heterocycles. The topological polar surface area (TPSA) is 41.9 Å². The molecule has 2 aromatic carbocycles. The van der Waals surface area contributed by atoms with Crippen LogP contribution < -0.4 is 4.74 Å². The van der Waals surface area contributed by atoms with Crippen LogP contribution >= 0.6 is 0 Å². The number of nitrogens with zero attached hydrogens (tertiary/aromatic N) is 2. The molecule has 4 nitrogen and oxygen atoms in total. The Kier molecular flexibility index (Phi) is 3.15. The van der Waals surface area contributed by atoms with Crippen molar-refractivity contribution in [2.24, 2.45) is 5.10 Å². The Morgan fingerprint density at radius 1 is 1.17 bits per heavy atom. The van der Waals surface area contributed by atoms with Crippen molar-refractivity contribution in [3.63, 3.8) is 0 Å². The highest BCUT2D eigenvalue weighted by Crippen LogP contribution is 2.40. The number of carbonyl (C=O) groups is 1. The molecule has 2 heterocycles. The van der Waals surface area contributed by atoms with Crippen LogP contribution in [0.1, 0.15) is 30.5 Å². The molecule has 0 aromatic heterocycles. The maximum absolute atomic E-state index is 13.1. The fourth-order valence-electron chi connectivity index (χ4n) is 3.06. The fourth-order valence-corrected chi connectivity index (χ4v) is 3.06. The predicted octanol–water partition coefficient (Wildman–Crippen LogP) is 3.28. The molecule has 2 aliphatic heterocycles. The van der Waals surface area contributed by atoms with Crippen LogP contribution in [0.5, 0.6) is 5.75 Å². The second-order valence-corrected chi connectivity index (χ2v) is 5.75. The first-order chi connectivity index (χ1) is 11.1. The van der Waals surface area contributed by atoms with Crippen LogP contribution in [0.4, 0.5) is 4.39 Å². The summed E-state index contributed by atoms with van der Waals surface area (Å²) in [5.74, 6) is 0.269. The van der Waals surface area contributed by atoms with E-state index in [1.807, 2.05) is 24.3 Å². The van der Waals surface area contributed by atoms with E-state index in [1.54, 1.807) is 19.1 Å². The summed E-state index contributed by atoms with van der Waals surface area (Å²) < 4.78 is 18.9. The molecule has 1 amide bonds. The summed E-state index contributed by atoms with van der Waals surface area (Å²) in [5.41, 5.74) is 2.57. The molecule has 0 N–H and O–H groups in total. The largest absolute Gasteiger partial charge is 0.480 e. The molecule has 0 radical (unpaired) electrons. The van der Waals surface area contributed by atoms with Gasteiger partial charge >= 0.3 is 0 Å². The molecule has 23 heavy (non-hydrogen) atoms. The zero-order valence-electron chi connectivity index (χ0n) is 12.6. The van der Waals surface area contributed by atoms with E-state index in [-0.39, 0.29) is 17.8 Å². The van der Waals surface area contributed by atoms with E-state index < -0.39 is 6.10 Å². The number of hydrazone groups is 1. The Bertz CT molecular complexity index is 801. The summed E-state index contributed by atoms with van der Waals surface area (Å²) in [4.78, 5) is 12.6. The van der Waals surface area contributed by atoms with Crippen LogP contribution in [0.3, 0.4) is 0 Å². The Balaban J connectivity index is 1.76. The fraction of sp³-hybridized carbons (Fsp3) is 0.222. The summed E-state index contributed by atoms with van der Waals surface area (Å²) in [7, 11) is 0. The van der Waals surface area contributed by atoms with Crippen molar-refractivity contribution in [2.75, 3.05) is 0 Å². The van der Waals surface area contributed by atoms with Gasteiger partial charge < -0.3 is 4.74 Å². The van der Waals surface area contributed by atoms with Gasteiger partial charge in [0.15, 0.2) is 6.10 Å². The third-order valence-electron chi connectivity index (χ3n) is 4.24. The third-order valence-corrected chi connectivity index (χ3v) is 4.24. The molecular weight excluding hydrogens is 295 g/mol. The van der Waals surface area contributed by atoms with Crippen molar-refractivity contribution in [1.82, 2.24) is 5.01 Å². The van der Waals surface area contributed by atoms with E-state index in [4.69, 9.17) is 4.74 Å². The van der Waals surface area contributed by atoms with Gasteiger partial charge in [0, 0.05) is 12.0 Å². The Hall–Kier alpha value is -2.69. The zero-order valence-corrected chi connectivity index (χ0v) is 12.6. The van der Waals surface area contributed by atoms with Crippen LogP contribution in [-0.4, -0.2) is 22.7 Å². The first-order valence-corrected chi connectivity index (χ1v) is 7.55. The van der Waals surface area contributed by atoms with Crippen molar-refractivity contribution in [1.29, 1.82) is 0 Å². The number of halogens is 1. The molecule has 2 atom stereocenters. The normalized spacial score (nSPS) is 22.8. The van der Waals surface area contributed by atoms with Gasteiger partial charge in [-0.25, -0.2) is 9.40 Å². The van der Waals surface area contributed by atoms with E-state index in [9.17, 15) is 9.18 Å². The number of fused-ring (bicyclic) bond motifs is 3. The maximum Gasteiger partial charge on any atom is 0.283 e. The summed E-state index contributed by atoms with van der Waals surface area (Å²) in [6.45, 7) is 1.73. The first kappa shape index (κ1) is 13.9. The van der Waals surface area contributed by atoms with Gasteiger partial charge in [0.25, 0.3) is 5.91 Å². The molecule has 5 heteroatoms.